The molecule has 1 rings (SSSR count). The summed E-state index contributed by atoms with van der Waals surface area (Å²) in [6, 6.07) is 3.06. The quantitative estimate of drug-likeness (QED) is 0.634. The lowest BCUT2D eigenvalue weighted by atomic mass is 10.1. The molecule has 2 N–H and O–H groups in total. The maximum Gasteiger partial charge on any atom is 0.221 e. The summed E-state index contributed by atoms with van der Waals surface area (Å²) in [6.07, 6.45) is 0. The summed E-state index contributed by atoms with van der Waals surface area (Å²) < 4.78 is 29.5. The predicted octanol–water partition coefficient (Wildman–Crippen LogP) is 0.660. The third-order valence-corrected chi connectivity index (χ3v) is 4.48. The van der Waals surface area contributed by atoms with Crippen molar-refractivity contribution in [2.45, 2.75) is 6.92 Å². The van der Waals surface area contributed by atoms with E-state index in [0.29, 0.717) is 5.75 Å². The fourth-order valence-electron chi connectivity index (χ4n) is 1.54. The van der Waals surface area contributed by atoms with E-state index in [1.165, 1.54) is 27.3 Å². The fourth-order valence-corrected chi connectivity index (χ4v) is 2.29. The predicted molar refractivity (Wildman–Crippen MR) is 73.9 cm³/mol. The van der Waals surface area contributed by atoms with Gasteiger partial charge in [-0.2, -0.15) is 0 Å². The zero-order valence-electron chi connectivity index (χ0n) is 11.4. The van der Waals surface area contributed by atoms with Crippen molar-refractivity contribution >= 4 is 21.5 Å². The number of hydrogen-bond donors (Lipinski definition) is 1. The number of anilines is 1. The molecule has 7 heteroatoms. The molecular weight excluding hydrogens is 268 g/mol. The first-order valence-electron chi connectivity index (χ1n) is 5.56. The van der Waals surface area contributed by atoms with E-state index in [1.54, 1.807) is 13.0 Å². The summed E-state index contributed by atoms with van der Waals surface area (Å²) in [5.41, 5.74) is 6.95. The zero-order chi connectivity index (χ0) is 14.8. The second-order valence-corrected chi connectivity index (χ2v) is 6.55. The highest BCUT2D eigenvalue weighted by Crippen LogP contribution is 2.25. The Morgan fingerprint density at radius 3 is 2.42 bits per heavy atom. The lowest BCUT2D eigenvalue weighted by Gasteiger charge is -2.13. The number of nitrogens with two attached hydrogens (primary N) is 1. The molecule has 0 aliphatic rings. The van der Waals surface area contributed by atoms with Gasteiger partial charge in [-0.05, 0) is 24.6 Å². The van der Waals surface area contributed by atoms with Gasteiger partial charge in [-0.15, -0.1) is 0 Å². The number of nitrogen functional groups attached to an aromatic ring is 1. The maximum absolute atomic E-state index is 12.0. The van der Waals surface area contributed by atoms with Crippen molar-refractivity contribution in [1.82, 2.24) is 4.31 Å². The minimum atomic E-state index is -3.60. The Labute approximate surface area is 113 Å². The number of hydrogen-bond acceptors (Lipinski definition) is 5. The molecule has 0 amide bonds. The van der Waals surface area contributed by atoms with Crippen LogP contribution in [-0.2, 0) is 10.0 Å². The van der Waals surface area contributed by atoms with Crippen LogP contribution < -0.4 is 10.5 Å². The minimum Gasteiger partial charge on any atom is -0.496 e. The summed E-state index contributed by atoms with van der Waals surface area (Å²) in [5, 5.41) is 0. The second-order valence-electron chi connectivity index (χ2n) is 4.37. The highest BCUT2D eigenvalue weighted by molar-refractivity contribution is 7.89. The van der Waals surface area contributed by atoms with Crippen LogP contribution >= 0.6 is 0 Å². The van der Waals surface area contributed by atoms with Gasteiger partial charge in [-0.1, -0.05) is 0 Å². The third-order valence-electron chi connectivity index (χ3n) is 2.74. The Morgan fingerprint density at radius 2 is 1.95 bits per heavy atom. The molecule has 19 heavy (non-hydrogen) atoms. The number of aryl methyl sites for hydroxylation is 1. The second kappa shape index (κ2) is 5.58. The van der Waals surface area contributed by atoms with E-state index in [2.05, 4.69) is 0 Å². The number of nitrogens with zero attached hydrogens (tertiary/aromatic N) is 1. The van der Waals surface area contributed by atoms with Gasteiger partial charge in [0, 0.05) is 25.3 Å². The molecule has 0 aromatic heterocycles. The van der Waals surface area contributed by atoms with Gasteiger partial charge in [0.25, 0.3) is 0 Å². The monoisotopic (exact) mass is 286 g/mol. The highest BCUT2D eigenvalue weighted by Gasteiger charge is 2.22. The van der Waals surface area contributed by atoms with Gasteiger partial charge in [-0.25, -0.2) is 12.7 Å². The van der Waals surface area contributed by atoms with Gasteiger partial charge in [0.1, 0.15) is 11.5 Å². The number of ketones is 1. The first-order valence-corrected chi connectivity index (χ1v) is 7.17. The molecule has 0 aliphatic carbocycles. The lowest BCUT2D eigenvalue weighted by Crippen LogP contribution is -2.29. The molecule has 0 atom stereocenters. The number of methoxy groups -OCH3 is 1. The van der Waals surface area contributed by atoms with Crippen molar-refractivity contribution in [3.8, 4) is 5.75 Å². The molecule has 0 radical (unpaired) electrons. The number of carbonyl (C=O) groups is 1. The van der Waals surface area contributed by atoms with Gasteiger partial charge in [0.05, 0.1) is 7.11 Å². The third kappa shape index (κ3) is 3.45. The molecule has 1 aromatic rings. The Balaban J connectivity index is 3.14. The van der Waals surface area contributed by atoms with E-state index < -0.39 is 21.6 Å². The number of Topliss-reactive ketones (excluding diaryl/α,β-unsaturated/α-hetero) is 1. The zero-order valence-corrected chi connectivity index (χ0v) is 12.2. The van der Waals surface area contributed by atoms with Crippen LogP contribution in [0.3, 0.4) is 0 Å². The van der Waals surface area contributed by atoms with Crippen molar-refractivity contribution in [3.63, 3.8) is 0 Å². The average Bonchev–Trinajstić information content (AvgIpc) is 2.28. The molecule has 0 heterocycles. The molecule has 0 saturated carbocycles. The standard InChI is InChI=1S/C12H18N2O4S/c1-8-5-10(13)9(6-12(8)18-4)11(15)7-19(16,17)14(2)3/h5-6H,7,13H2,1-4H3. The molecule has 0 saturated heterocycles. The number of benzene rings is 1. The van der Waals surface area contributed by atoms with Crippen molar-refractivity contribution in [3.05, 3.63) is 23.3 Å². The minimum absolute atomic E-state index is 0.160. The summed E-state index contributed by atoms with van der Waals surface area (Å²) in [7, 11) is 0.624. The number of rotatable bonds is 5. The summed E-state index contributed by atoms with van der Waals surface area (Å²) in [5.74, 6) is -0.666. The Bertz CT molecular complexity index is 594. The van der Waals surface area contributed by atoms with Crippen molar-refractivity contribution in [2.24, 2.45) is 0 Å². The van der Waals surface area contributed by atoms with Crippen molar-refractivity contribution in [1.29, 1.82) is 0 Å². The molecule has 6 nitrogen and oxygen atoms in total. The van der Waals surface area contributed by atoms with Crippen molar-refractivity contribution < 1.29 is 17.9 Å². The van der Waals surface area contributed by atoms with E-state index in [-0.39, 0.29) is 11.3 Å². The normalized spacial score (nSPS) is 11.6. The van der Waals surface area contributed by atoms with Gasteiger partial charge < -0.3 is 10.5 Å². The Hall–Kier alpha value is -1.60. The molecule has 0 fully saturated rings. The molecule has 0 spiro atoms. The molecule has 106 valence electrons. The van der Waals surface area contributed by atoms with Crippen LogP contribution in [0.5, 0.6) is 5.75 Å². The van der Waals surface area contributed by atoms with E-state index >= 15 is 0 Å². The van der Waals surface area contributed by atoms with Crippen molar-refractivity contribution in [2.75, 3.05) is 32.7 Å². The van der Waals surface area contributed by atoms with Crippen LogP contribution in [0, 0.1) is 6.92 Å². The maximum atomic E-state index is 12.0. The van der Waals surface area contributed by atoms with Gasteiger partial charge in [0.2, 0.25) is 10.0 Å². The Kier molecular flexibility index (Phi) is 4.54. The van der Waals surface area contributed by atoms with Crippen LogP contribution in [-0.4, -0.2) is 45.5 Å². The van der Waals surface area contributed by atoms with Gasteiger partial charge >= 0.3 is 0 Å². The highest BCUT2D eigenvalue weighted by atomic mass is 32.2. The van der Waals surface area contributed by atoms with Gasteiger partial charge in [-0.3, -0.25) is 4.79 Å². The number of carbonyl (C=O) groups excluding carboxylic acids is 1. The van der Waals surface area contributed by atoms with Crippen LogP contribution in [0.1, 0.15) is 15.9 Å². The Morgan fingerprint density at radius 1 is 1.37 bits per heavy atom. The van der Waals surface area contributed by atoms with E-state index in [0.717, 1.165) is 9.87 Å². The molecule has 0 aliphatic heterocycles. The molecule has 0 unspecified atom stereocenters. The SMILES string of the molecule is COc1cc(C(=O)CS(=O)(=O)N(C)C)c(N)cc1C. The van der Waals surface area contributed by atoms with Crippen LogP contribution in [0.15, 0.2) is 12.1 Å². The number of sulfonamides is 1. The molecule has 0 bridgehead atoms. The van der Waals surface area contributed by atoms with E-state index in [9.17, 15) is 13.2 Å². The van der Waals surface area contributed by atoms with Gasteiger partial charge in [0.15, 0.2) is 5.78 Å². The van der Waals surface area contributed by atoms with E-state index in [4.69, 9.17) is 10.5 Å². The topological polar surface area (TPSA) is 89.7 Å². The number of ether oxygens (including phenoxy) is 1. The average molecular weight is 286 g/mol. The smallest absolute Gasteiger partial charge is 0.221 e. The summed E-state index contributed by atoms with van der Waals surface area (Å²) >= 11 is 0. The molecule has 1 aromatic carbocycles. The molecular formula is C12H18N2O4S. The summed E-state index contributed by atoms with van der Waals surface area (Å²) in [6.45, 7) is 1.79. The summed E-state index contributed by atoms with van der Waals surface area (Å²) in [4.78, 5) is 12.0. The fraction of sp³-hybridized carbons (Fsp3) is 0.417. The first-order chi connectivity index (χ1) is 8.69. The van der Waals surface area contributed by atoms with Crippen LogP contribution in [0.25, 0.3) is 0 Å². The largest absolute Gasteiger partial charge is 0.496 e. The lowest BCUT2D eigenvalue weighted by molar-refractivity contribution is 0.102. The van der Waals surface area contributed by atoms with Crippen LogP contribution in [0.4, 0.5) is 5.69 Å². The van der Waals surface area contributed by atoms with Crippen LogP contribution in [0.2, 0.25) is 0 Å². The van der Waals surface area contributed by atoms with E-state index in [1.807, 2.05) is 0 Å². The first kappa shape index (κ1) is 15.5.